The molecule has 2 rings (SSSR count). The van der Waals surface area contributed by atoms with Crippen LogP contribution >= 0.6 is 23.2 Å². The lowest BCUT2D eigenvalue weighted by molar-refractivity contribution is 0.332. The van der Waals surface area contributed by atoms with Gasteiger partial charge in [0.05, 0.1) is 16.7 Å². The van der Waals surface area contributed by atoms with Crippen molar-refractivity contribution in [3.05, 3.63) is 63.6 Å². The Morgan fingerprint density at radius 2 is 1.86 bits per heavy atom. The van der Waals surface area contributed by atoms with Crippen LogP contribution in [0.1, 0.15) is 24.1 Å². The molecule has 0 fully saturated rings. The third-order valence-electron chi connectivity index (χ3n) is 3.37. The van der Waals surface area contributed by atoms with Crippen molar-refractivity contribution < 1.29 is 4.74 Å². The van der Waals surface area contributed by atoms with Crippen molar-refractivity contribution >= 4 is 23.2 Å². The molecule has 1 unspecified atom stereocenters. The minimum Gasteiger partial charge on any atom is -0.494 e. The van der Waals surface area contributed by atoms with E-state index in [1.807, 2.05) is 50.4 Å². The van der Waals surface area contributed by atoms with Crippen LogP contribution in [0, 0.1) is 0 Å². The van der Waals surface area contributed by atoms with Gasteiger partial charge in [0.25, 0.3) is 0 Å². The van der Waals surface area contributed by atoms with Crippen molar-refractivity contribution in [2.24, 2.45) is 0 Å². The molecule has 0 radical (unpaired) electrons. The lowest BCUT2D eigenvalue weighted by atomic mass is 9.98. The van der Waals surface area contributed by atoms with E-state index in [1.165, 1.54) is 0 Å². The molecule has 0 aliphatic rings. The lowest BCUT2D eigenvalue weighted by Gasteiger charge is -2.20. The Bertz CT molecular complexity index is 601. The van der Waals surface area contributed by atoms with Crippen molar-refractivity contribution in [1.82, 2.24) is 5.32 Å². The number of benzene rings is 2. The Balaban J connectivity index is 2.25. The van der Waals surface area contributed by atoms with E-state index < -0.39 is 0 Å². The van der Waals surface area contributed by atoms with Crippen LogP contribution in [0.5, 0.6) is 5.75 Å². The molecule has 0 amide bonds. The van der Waals surface area contributed by atoms with Gasteiger partial charge < -0.3 is 10.1 Å². The summed E-state index contributed by atoms with van der Waals surface area (Å²) in [6, 6.07) is 14.0. The van der Waals surface area contributed by atoms with Gasteiger partial charge in [-0.1, -0.05) is 47.5 Å². The predicted octanol–water partition coefficient (Wildman–Crippen LogP) is 4.90. The SMILES string of the molecule is CCOc1ccccc1C(Cc1ccc(Cl)c(Cl)c1)NC. The number of rotatable bonds is 6. The van der Waals surface area contributed by atoms with Gasteiger partial charge in [-0.2, -0.15) is 0 Å². The molecule has 0 saturated carbocycles. The summed E-state index contributed by atoms with van der Waals surface area (Å²) in [6.45, 7) is 2.64. The fourth-order valence-corrected chi connectivity index (χ4v) is 2.65. The molecule has 2 aromatic carbocycles. The van der Waals surface area contributed by atoms with Crippen LogP contribution in [-0.2, 0) is 6.42 Å². The topological polar surface area (TPSA) is 21.3 Å². The maximum atomic E-state index is 6.09. The van der Waals surface area contributed by atoms with Crippen molar-refractivity contribution in [3.63, 3.8) is 0 Å². The van der Waals surface area contributed by atoms with Crippen LogP contribution in [0.2, 0.25) is 10.0 Å². The number of para-hydroxylation sites is 1. The average Bonchev–Trinajstić information content (AvgIpc) is 2.49. The van der Waals surface area contributed by atoms with Gasteiger partial charge in [-0.25, -0.2) is 0 Å². The van der Waals surface area contributed by atoms with Crippen LogP contribution in [0.3, 0.4) is 0 Å². The zero-order chi connectivity index (χ0) is 15.2. The van der Waals surface area contributed by atoms with E-state index in [2.05, 4.69) is 11.4 Å². The molecule has 0 aliphatic heterocycles. The highest BCUT2D eigenvalue weighted by Gasteiger charge is 2.15. The second-order valence-electron chi connectivity index (χ2n) is 4.76. The Hall–Kier alpha value is -1.22. The third kappa shape index (κ3) is 4.13. The highest BCUT2D eigenvalue weighted by molar-refractivity contribution is 6.42. The van der Waals surface area contributed by atoms with Crippen LogP contribution in [0.25, 0.3) is 0 Å². The van der Waals surface area contributed by atoms with Gasteiger partial charge >= 0.3 is 0 Å². The van der Waals surface area contributed by atoms with Crippen LogP contribution in [0.15, 0.2) is 42.5 Å². The molecule has 0 aliphatic carbocycles. The van der Waals surface area contributed by atoms with Crippen LogP contribution in [0.4, 0.5) is 0 Å². The molecule has 0 aromatic heterocycles. The summed E-state index contributed by atoms with van der Waals surface area (Å²) in [4.78, 5) is 0. The van der Waals surface area contributed by atoms with Crippen LogP contribution < -0.4 is 10.1 Å². The third-order valence-corrected chi connectivity index (χ3v) is 4.11. The highest BCUT2D eigenvalue weighted by atomic mass is 35.5. The largest absolute Gasteiger partial charge is 0.494 e. The molecular formula is C17H19Cl2NO. The summed E-state index contributed by atoms with van der Waals surface area (Å²) in [7, 11) is 1.95. The van der Waals surface area contributed by atoms with E-state index in [0.29, 0.717) is 16.7 Å². The normalized spacial score (nSPS) is 12.2. The Kier molecular flexibility index (Phi) is 5.92. The fourth-order valence-electron chi connectivity index (χ4n) is 2.33. The molecule has 1 N–H and O–H groups in total. The number of hydrogen-bond acceptors (Lipinski definition) is 2. The molecule has 0 saturated heterocycles. The molecule has 21 heavy (non-hydrogen) atoms. The number of ether oxygens (including phenoxy) is 1. The van der Waals surface area contributed by atoms with Crippen molar-refractivity contribution in [1.29, 1.82) is 0 Å². The first-order chi connectivity index (χ1) is 10.2. The highest BCUT2D eigenvalue weighted by Crippen LogP contribution is 2.29. The standard InChI is InChI=1S/C17H19Cl2NO/c1-3-21-17-7-5-4-6-13(17)16(20-2)11-12-8-9-14(18)15(19)10-12/h4-10,16,20H,3,11H2,1-2H3. The quantitative estimate of drug-likeness (QED) is 0.816. The smallest absolute Gasteiger partial charge is 0.124 e. The van der Waals surface area contributed by atoms with Crippen molar-refractivity contribution in [2.75, 3.05) is 13.7 Å². The molecule has 2 aromatic rings. The van der Waals surface area contributed by atoms with E-state index in [9.17, 15) is 0 Å². The molecule has 4 heteroatoms. The Morgan fingerprint density at radius 3 is 2.52 bits per heavy atom. The molecule has 112 valence electrons. The van der Waals surface area contributed by atoms with Crippen LogP contribution in [-0.4, -0.2) is 13.7 Å². The van der Waals surface area contributed by atoms with Gasteiger partial charge in [0.2, 0.25) is 0 Å². The minimum absolute atomic E-state index is 0.157. The second kappa shape index (κ2) is 7.69. The van der Waals surface area contributed by atoms with E-state index in [1.54, 1.807) is 0 Å². The van der Waals surface area contributed by atoms with E-state index >= 15 is 0 Å². The predicted molar refractivity (Wildman–Crippen MR) is 89.6 cm³/mol. The summed E-state index contributed by atoms with van der Waals surface area (Å²) in [5.74, 6) is 0.916. The van der Waals surface area contributed by atoms with Gasteiger partial charge in [-0.15, -0.1) is 0 Å². The molecule has 2 nitrogen and oxygen atoms in total. The van der Waals surface area contributed by atoms with E-state index in [4.69, 9.17) is 27.9 Å². The van der Waals surface area contributed by atoms with Gasteiger partial charge in [-0.3, -0.25) is 0 Å². The second-order valence-corrected chi connectivity index (χ2v) is 5.58. The number of halogens is 2. The summed E-state index contributed by atoms with van der Waals surface area (Å²) in [5, 5.41) is 4.51. The summed E-state index contributed by atoms with van der Waals surface area (Å²) >= 11 is 12.1. The Labute approximate surface area is 136 Å². The molecule has 1 atom stereocenters. The number of hydrogen-bond donors (Lipinski definition) is 1. The maximum absolute atomic E-state index is 6.09. The summed E-state index contributed by atoms with van der Waals surface area (Å²) < 4.78 is 5.71. The first kappa shape index (κ1) is 16.2. The first-order valence-corrected chi connectivity index (χ1v) is 7.74. The van der Waals surface area contributed by atoms with Crippen molar-refractivity contribution in [2.45, 2.75) is 19.4 Å². The van der Waals surface area contributed by atoms with E-state index in [-0.39, 0.29) is 6.04 Å². The lowest BCUT2D eigenvalue weighted by Crippen LogP contribution is -2.19. The van der Waals surface area contributed by atoms with E-state index in [0.717, 1.165) is 23.3 Å². The zero-order valence-electron chi connectivity index (χ0n) is 12.2. The number of nitrogens with one attached hydrogen (secondary N) is 1. The van der Waals surface area contributed by atoms with Crippen molar-refractivity contribution in [3.8, 4) is 5.75 Å². The monoisotopic (exact) mass is 323 g/mol. The van der Waals surface area contributed by atoms with Gasteiger partial charge in [0.15, 0.2) is 0 Å². The summed E-state index contributed by atoms with van der Waals surface area (Å²) in [6.07, 6.45) is 0.817. The zero-order valence-corrected chi connectivity index (χ0v) is 13.7. The van der Waals surface area contributed by atoms with Gasteiger partial charge in [-0.05, 0) is 44.2 Å². The van der Waals surface area contributed by atoms with Gasteiger partial charge in [0, 0.05) is 11.6 Å². The fraction of sp³-hybridized carbons (Fsp3) is 0.294. The molecule has 0 bridgehead atoms. The maximum Gasteiger partial charge on any atom is 0.124 e. The molecular weight excluding hydrogens is 305 g/mol. The van der Waals surface area contributed by atoms with Gasteiger partial charge in [0.1, 0.15) is 5.75 Å². The first-order valence-electron chi connectivity index (χ1n) is 6.98. The molecule has 0 heterocycles. The molecule has 0 spiro atoms. The Morgan fingerprint density at radius 1 is 1.10 bits per heavy atom. The minimum atomic E-state index is 0.157. The average molecular weight is 324 g/mol. The summed E-state index contributed by atoms with van der Waals surface area (Å²) in [5.41, 5.74) is 2.28. The number of likely N-dealkylation sites (N-methyl/N-ethyl adjacent to an activating group) is 1.